The molecule has 1 atom stereocenters. The van der Waals surface area contributed by atoms with Gasteiger partial charge in [-0.15, -0.1) is 0 Å². The van der Waals surface area contributed by atoms with Gasteiger partial charge in [-0.1, -0.05) is 34.1 Å². The van der Waals surface area contributed by atoms with Crippen molar-refractivity contribution in [2.24, 2.45) is 0 Å². The highest BCUT2D eigenvalue weighted by Gasteiger charge is 2.20. The van der Waals surface area contributed by atoms with Crippen molar-refractivity contribution in [3.05, 3.63) is 57.6 Å². The Morgan fingerprint density at radius 2 is 1.81 bits per heavy atom. The standard InChI is InChI=1S/C17H20BrNO2/c1-11-6-5-7-13(16(11)18)17(19-2)14-10-12(20-3)8-9-15(14)21-4/h5-10,17,19H,1-4H3. The molecule has 0 saturated carbocycles. The fourth-order valence-corrected chi connectivity index (χ4v) is 2.93. The fraction of sp³-hybridized carbons (Fsp3) is 0.294. The zero-order valence-corrected chi connectivity index (χ0v) is 14.3. The average Bonchev–Trinajstić information content (AvgIpc) is 2.52. The van der Waals surface area contributed by atoms with Crippen LogP contribution in [-0.4, -0.2) is 21.3 Å². The van der Waals surface area contributed by atoms with Crippen molar-refractivity contribution in [2.45, 2.75) is 13.0 Å². The van der Waals surface area contributed by atoms with Crippen molar-refractivity contribution in [1.82, 2.24) is 5.32 Å². The summed E-state index contributed by atoms with van der Waals surface area (Å²) in [6, 6.07) is 12.1. The van der Waals surface area contributed by atoms with Gasteiger partial charge in [-0.05, 0) is 43.3 Å². The molecule has 21 heavy (non-hydrogen) atoms. The van der Waals surface area contributed by atoms with E-state index in [2.05, 4.69) is 46.4 Å². The molecule has 0 aliphatic carbocycles. The van der Waals surface area contributed by atoms with Gasteiger partial charge in [-0.3, -0.25) is 0 Å². The van der Waals surface area contributed by atoms with E-state index < -0.39 is 0 Å². The van der Waals surface area contributed by atoms with Crippen LogP contribution < -0.4 is 14.8 Å². The predicted molar refractivity (Wildman–Crippen MR) is 89.3 cm³/mol. The number of nitrogens with one attached hydrogen (secondary N) is 1. The van der Waals surface area contributed by atoms with Crippen LogP contribution in [0.2, 0.25) is 0 Å². The van der Waals surface area contributed by atoms with Gasteiger partial charge in [0.25, 0.3) is 0 Å². The van der Waals surface area contributed by atoms with Gasteiger partial charge in [-0.25, -0.2) is 0 Å². The maximum Gasteiger partial charge on any atom is 0.124 e. The normalized spacial score (nSPS) is 12.0. The Kier molecular flexibility index (Phi) is 5.26. The van der Waals surface area contributed by atoms with E-state index in [0.717, 1.165) is 21.5 Å². The van der Waals surface area contributed by atoms with Gasteiger partial charge < -0.3 is 14.8 Å². The number of benzene rings is 2. The van der Waals surface area contributed by atoms with Gasteiger partial charge >= 0.3 is 0 Å². The summed E-state index contributed by atoms with van der Waals surface area (Å²) in [7, 11) is 5.30. The molecule has 0 radical (unpaired) electrons. The summed E-state index contributed by atoms with van der Waals surface area (Å²) in [5.41, 5.74) is 3.42. The summed E-state index contributed by atoms with van der Waals surface area (Å²) in [5.74, 6) is 1.65. The Hall–Kier alpha value is -1.52. The van der Waals surface area contributed by atoms with E-state index in [-0.39, 0.29) is 6.04 Å². The molecule has 0 aliphatic rings. The number of methoxy groups -OCH3 is 2. The Labute approximate surface area is 134 Å². The summed E-state index contributed by atoms with van der Waals surface area (Å²) in [5, 5.41) is 3.36. The number of hydrogen-bond donors (Lipinski definition) is 1. The molecule has 0 fully saturated rings. The molecule has 2 aromatic carbocycles. The Morgan fingerprint density at radius 3 is 2.43 bits per heavy atom. The predicted octanol–water partition coefficient (Wildman–Crippen LogP) is 4.08. The molecule has 0 saturated heterocycles. The van der Waals surface area contributed by atoms with Crippen LogP contribution in [-0.2, 0) is 0 Å². The van der Waals surface area contributed by atoms with Crippen LogP contribution in [0.15, 0.2) is 40.9 Å². The monoisotopic (exact) mass is 349 g/mol. The van der Waals surface area contributed by atoms with Gasteiger partial charge in [0, 0.05) is 10.0 Å². The highest BCUT2D eigenvalue weighted by atomic mass is 79.9. The molecule has 0 aromatic heterocycles. The van der Waals surface area contributed by atoms with Crippen LogP contribution in [0.3, 0.4) is 0 Å². The molecular weight excluding hydrogens is 330 g/mol. The molecule has 112 valence electrons. The van der Waals surface area contributed by atoms with E-state index in [9.17, 15) is 0 Å². The molecular formula is C17H20BrNO2. The molecule has 1 N–H and O–H groups in total. The third-order valence-corrected chi connectivity index (χ3v) is 4.65. The maximum atomic E-state index is 5.51. The molecule has 3 nitrogen and oxygen atoms in total. The Morgan fingerprint density at radius 1 is 1.05 bits per heavy atom. The van der Waals surface area contributed by atoms with Crippen LogP contribution in [0.4, 0.5) is 0 Å². The first kappa shape index (κ1) is 15.9. The highest BCUT2D eigenvalue weighted by Crippen LogP contribution is 2.36. The second-order valence-corrected chi connectivity index (χ2v) is 5.60. The minimum absolute atomic E-state index is 0.0179. The number of halogens is 1. The number of aryl methyl sites for hydroxylation is 1. The SMILES string of the molecule is CNC(c1cc(OC)ccc1OC)c1cccc(C)c1Br. The van der Waals surface area contributed by atoms with E-state index in [0.29, 0.717) is 0 Å². The molecule has 2 aromatic rings. The summed E-state index contributed by atoms with van der Waals surface area (Å²) in [6.07, 6.45) is 0. The van der Waals surface area contributed by atoms with E-state index in [4.69, 9.17) is 9.47 Å². The number of hydrogen-bond acceptors (Lipinski definition) is 3. The Bertz CT molecular complexity index is 628. The minimum Gasteiger partial charge on any atom is -0.497 e. The molecule has 1 unspecified atom stereocenters. The quantitative estimate of drug-likeness (QED) is 0.881. The van der Waals surface area contributed by atoms with Crippen LogP contribution in [0.5, 0.6) is 11.5 Å². The molecule has 0 bridgehead atoms. The van der Waals surface area contributed by atoms with Crippen LogP contribution in [0.25, 0.3) is 0 Å². The molecule has 0 heterocycles. The lowest BCUT2D eigenvalue weighted by Gasteiger charge is -2.22. The van der Waals surface area contributed by atoms with Gasteiger partial charge in [0.1, 0.15) is 11.5 Å². The number of ether oxygens (including phenoxy) is 2. The van der Waals surface area contributed by atoms with Crippen molar-refractivity contribution < 1.29 is 9.47 Å². The van der Waals surface area contributed by atoms with Gasteiger partial charge in [0.2, 0.25) is 0 Å². The second kappa shape index (κ2) is 6.96. The first-order chi connectivity index (χ1) is 10.1. The van der Waals surface area contributed by atoms with Crippen molar-refractivity contribution in [3.8, 4) is 11.5 Å². The molecule has 2 rings (SSSR count). The molecule has 0 amide bonds. The van der Waals surface area contributed by atoms with Crippen LogP contribution >= 0.6 is 15.9 Å². The first-order valence-corrected chi connectivity index (χ1v) is 7.55. The van der Waals surface area contributed by atoms with Crippen molar-refractivity contribution in [2.75, 3.05) is 21.3 Å². The van der Waals surface area contributed by atoms with Gasteiger partial charge in [0.15, 0.2) is 0 Å². The zero-order valence-electron chi connectivity index (χ0n) is 12.7. The van der Waals surface area contributed by atoms with E-state index in [1.807, 2.05) is 25.2 Å². The third kappa shape index (κ3) is 3.22. The van der Waals surface area contributed by atoms with Gasteiger partial charge in [-0.2, -0.15) is 0 Å². The fourth-order valence-electron chi connectivity index (χ4n) is 2.44. The summed E-state index contributed by atoms with van der Waals surface area (Å²) >= 11 is 3.69. The smallest absolute Gasteiger partial charge is 0.124 e. The van der Waals surface area contributed by atoms with Crippen molar-refractivity contribution in [1.29, 1.82) is 0 Å². The Balaban J connectivity index is 2.57. The van der Waals surface area contributed by atoms with Crippen LogP contribution in [0, 0.1) is 6.92 Å². The lowest BCUT2D eigenvalue weighted by Crippen LogP contribution is -2.19. The minimum atomic E-state index is 0.0179. The largest absolute Gasteiger partial charge is 0.497 e. The van der Waals surface area contributed by atoms with Crippen molar-refractivity contribution >= 4 is 15.9 Å². The summed E-state index contributed by atoms with van der Waals surface area (Å²) in [6.45, 7) is 2.09. The molecule has 4 heteroatoms. The van der Waals surface area contributed by atoms with Gasteiger partial charge in [0.05, 0.1) is 20.3 Å². The summed E-state index contributed by atoms with van der Waals surface area (Å²) in [4.78, 5) is 0. The highest BCUT2D eigenvalue weighted by molar-refractivity contribution is 9.10. The molecule has 0 spiro atoms. The first-order valence-electron chi connectivity index (χ1n) is 6.76. The summed E-state index contributed by atoms with van der Waals surface area (Å²) < 4.78 is 12.0. The second-order valence-electron chi connectivity index (χ2n) is 4.81. The van der Waals surface area contributed by atoms with E-state index in [1.54, 1.807) is 14.2 Å². The van der Waals surface area contributed by atoms with E-state index in [1.165, 1.54) is 11.1 Å². The van der Waals surface area contributed by atoms with Crippen LogP contribution in [0.1, 0.15) is 22.7 Å². The average molecular weight is 350 g/mol. The van der Waals surface area contributed by atoms with E-state index >= 15 is 0 Å². The van der Waals surface area contributed by atoms with Crippen molar-refractivity contribution in [3.63, 3.8) is 0 Å². The lowest BCUT2D eigenvalue weighted by molar-refractivity contribution is 0.395. The molecule has 0 aliphatic heterocycles. The lowest BCUT2D eigenvalue weighted by atomic mass is 9.96. The third-order valence-electron chi connectivity index (χ3n) is 3.57. The topological polar surface area (TPSA) is 30.5 Å². The maximum absolute atomic E-state index is 5.51. The number of rotatable bonds is 5. The zero-order chi connectivity index (χ0) is 15.4.